The van der Waals surface area contributed by atoms with E-state index in [0.29, 0.717) is 34.5 Å². The summed E-state index contributed by atoms with van der Waals surface area (Å²) in [7, 11) is -4.20. The van der Waals surface area contributed by atoms with Crippen LogP contribution in [0.4, 0.5) is 5.69 Å². The lowest BCUT2D eigenvalue weighted by Crippen LogP contribution is -2.51. The lowest BCUT2D eigenvalue weighted by Gasteiger charge is -2.32. The highest BCUT2D eigenvalue weighted by Gasteiger charge is 2.32. The summed E-state index contributed by atoms with van der Waals surface area (Å²) in [4.78, 5) is 28.1. The maximum absolute atomic E-state index is 13.9. The molecule has 40 heavy (non-hydrogen) atoms. The SMILES string of the molecule is CCCNC(=O)C(C)N(Cc1cccc(Cl)c1)C(=O)CN(c1ccc(OCC)cc1)S(=O)(=O)c1ccc(Cl)cc1. The van der Waals surface area contributed by atoms with Crippen LogP contribution in [0.1, 0.15) is 32.8 Å². The van der Waals surface area contributed by atoms with E-state index in [1.54, 1.807) is 55.5 Å². The number of carbonyl (C=O) groups is 2. The molecule has 3 rings (SSSR count). The molecule has 0 bridgehead atoms. The van der Waals surface area contributed by atoms with Gasteiger partial charge < -0.3 is 15.0 Å². The maximum Gasteiger partial charge on any atom is 0.264 e. The molecule has 11 heteroatoms. The number of nitrogens with one attached hydrogen (secondary N) is 1. The summed E-state index contributed by atoms with van der Waals surface area (Å²) in [5.41, 5.74) is 0.960. The predicted molar refractivity (Wildman–Crippen MR) is 158 cm³/mol. The van der Waals surface area contributed by atoms with Crippen LogP contribution in [0.25, 0.3) is 0 Å². The summed E-state index contributed by atoms with van der Waals surface area (Å²) in [5, 5.41) is 3.67. The van der Waals surface area contributed by atoms with Crippen LogP contribution in [-0.2, 0) is 26.2 Å². The molecule has 1 unspecified atom stereocenters. The van der Waals surface area contributed by atoms with Gasteiger partial charge in [-0.05, 0) is 86.5 Å². The van der Waals surface area contributed by atoms with Crippen LogP contribution in [0.15, 0.2) is 77.7 Å². The number of carbonyl (C=O) groups excluding carboxylic acids is 2. The van der Waals surface area contributed by atoms with Crippen LogP contribution in [0, 0.1) is 0 Å². The minimum atomic E-state index is -4.20. The van der Waals surface area contributed by atoms with Crippen molar-refractivity contribution in [3.05, 3.63) is 88.4 Å². The van der Waals surface area contributed by atoms with Crippen LogP contribution < -0.4 is 14.4 Å². The predicted octanol–water partition coefficient (Wildman–Crippen LogP) is 5.53. The maximum atomic E-state index is 13.9. The van der Waals surface area contributed by atoms with Gasteiger partial charge in [-0.1, -0.05) is 42.3 Å². The highest BCUT2D eigenvalue weighted by Crippen LogP contribution is 2.27. The molecule has 0 spiro atoms. The van der Waals surface area contributed by atoms with E-state index in [-0.39, 0.29) is 23.0 Å². The molecule has 3 aromatic rings. The molecule has 0 aromatic heterocycles. The molecule has 1 N–H and O–H groups in total. The Morgan fingerprint density at radius 1 is 0.950 bits per heavy atom. The van der Waals surface area contributed by atoms with Gasteiger partial charge in [0.1, 0.15) is 18.3 Å². The monoisotopic (exact) mass is 605 g/mol. The van der Waals surface area contributed by atoms with Gasteiger partial charge in [-0.2, -0.15) is 0 Å². The zero-order chi connectivity index (χ0) is 29.3. The first-order chi connectivity index (χ1) is 19.1. The zero-order valence-electron chi connectivity index (χ0n) is 22.6. The first-order valence-electron chi connectivity index (χ1n) is 12.9. The molecule has 214 valence electrons. The standard InChI is InChI=1S/C29H33Cl2N3O5S/c1-4-17-32-29(36)21(3)33(19-22-7-6-8-24(31)18-22)28(35)20-34(25-11-13-26(14-12-25)39-5-2)40(37,38)27-15-9-23(30)10-16-27/h6-16,18,21H,4-5,17,19-20H2,1-3H3,(H,32,36). The van der Waals surface area contributed by atoms with Crippen molar-refractivity contribution < 1.29 is 22.7 Å². The van der Waals surface area contributed by atoms with Gasteiger partial charge in [0.05, 0.1) is 17.2 Å². The van der Waals surface area contributed by atoms with Crippen molar-refractivity contribution in [1.29, 1.82) is 0 Å². The summed E-state index contributed by atoms with van der Waals surface area (Å²) < 4.78 is 34.2. The lowest BCUT2D eigenvalue weighted by atomic mass is 10.1. The highest BCUT2D eigenvalue weighted by atomic mass is 35.5. The van der Waals surface area contributed by atoms with Crippen LogP contribution >= 0.6 is 23.2 Å². The normalized spacial score (nSPS) is 11.9. The van der Waals surface area contributed by atoms with Crippen molar-refractivity contribution >= 4 is 50.7 Å². The molecule has 3 aromatic carbocycles. The van der Waals surface area contributed by atoms with Gasteiger partial charge in [0.15, 0.2) is 0 Å². The number of hydrogen-bond donors (Lipinski definition) is 1. The first-order valence-corrected chi connectivity index (χ1v) is 15.1. The second-order valence-corrected chi connectivity index (χ2v) is 11.7. The van der Waals surface area contributed by atoms with E-state index in [2.05, 4.69) is 5.32 Å². The summed E-state index contributed by atoms with van der Waals surface area (Å²) in [6.07, 6.45) is 0.728. The quantitative estimate of drug-likeness (QED) is 0.276. The topological polar surface area (TPSA) is 96.0 Å². The van der Waals surface area contributed by atoms with Crippen LogP contribution in [0.5, 0.6) is 5.75 Å². The van der Waals surface area contributed by atoms with Crippen LogP contribution in [0.2, 0.25) is 10.0 Å². The molecule has 0 radical (unpaired) electrons. The number of sulfonamides is 1. The Hall–Kier alpha value is -3.27. The molecule has 0 aliphatic carbocycles. The lowest BCUT2D eigenvalue weighted by molar-refractivity contribution is -0.139. The largest absolute Gasteiger partial charge is 0.494 e. The second kappa shape index (κ2) is 14.4. The Balaban J connectivity index is 2.02. The molecular formula is C29H33Cl2N3O5S. The van der Waals surface area contributed by atoms with Crippen molar-refractivity contribution in [2.45, 2.75) is 44.7 Å². The number of benzene rings is 3. The molecule has 2 amide bonds. The third-order valence-electron chi connectivity index (χ3n) is 6.07. The molecule has 0 saturated carbocycles. The van der Waals surface area contributed by atoms with E-state index >= 15 is 0 Å². The van der Waals surface area contributed by atoms with Gasteiger partial charge in [-0.3, -0.25) is 13.9 Å². The van der Waals surface area contributed by atoms with Crippen molar-refractivity contribution in [3.63, 3.8) is 0 Å². The number of halogens is 2. The molecule has 0 heterocycles. The Kier molecular flexibility index (Phi) is 11.2. The van der Waals surface area contributed by atoms with E-state index in [0.717, 1.165) is 10.7 Å². The Morgan fingerprint density at radius 3 is 2.23 bits per heavy atom. The number of amides is 2. The average Bonchev–Trinajstić information content (AvgIpc) is 2.93. The smallest absolute Gasteiger partial charge is 0.264 e. The minimum absolute atomic E-state index is 0.0336. The highest BCUT2D eigenvalue weighted by molar-refractivity contribution is 7.92. The van der Waals surface area contributed by atoms with Gasteiger partial charge in [0, 0.05) is 23.1 Å². The van der Waals surface area contributed by atoms with E-state index in [1.807, 2.05) is 13.8 Å². The number of ether oxygens (including phenoxy) is 1. The first kappa shape index (κ1) is 31.3. The molecule has 0 aliphatic rings. The van der Waals surface area contributed by atoms with Crippen molar-refractivity contribution in [1.82, 2.24) is 10.2 Å². The summed E-state index contributed by atoms with van der Waals surface area (Å²) >= 11 is 12.2. The molecule has 0 saturated heterocycles. The van der Waals surface area contributed by atoms with Gasteiger partial charge in [0.2, 0.25) is 11.8 Å². The molecule has 0 aliphatic heterocycles. The van der Waals surface area contributed by atoms with E-state index in [1.165, 1.54) is 29.2 Å². The summed E-state index contributed by atoms with van der Waals surface area (Å²) in [6.45, 7) is 5.78. The zero-order valence-corrected chi connectivity index (χ0v) is 25.0. The van der Waals surface area contributed by atoms with Crippen LogP contribution in [-0.4, -0.2) is 50.9 Å². The van der Waals surface area contributed by atoms with Crippen molar-refractivity contribution in [2.24, 2.45) is 0 Å². The fraction of sp³-hybridized carbons (Fsp3) is 0.310. The van der Waals surface area contributed by atoms with Crippen molar-refractivity contribution in [3.8, 4) is 5.75 Å². The fourth-order valence-corrected chi connectivity index (χ4v) is 5.70. The Bertz CT molecular complexity index is 1400. The van der Waals surface area contributed by atoms with E-state index in [9.17, 15) is 18.0 Å². The van der Waals surface area contributed by atoms with Gasteiger partial charge in [-0.25, -0.2) is 8.42 Å². The summed E-state index contributed by atoms with van der Waals surface area (Å²) in [6, 6.07) is 18.2. The Labute approximate surface area is 245 Å². The number of hydrogen-bond acceptors (Lipinski definition) is 5. The third-order valence-corrected chi connectivity index (χ3v) is 8.35. The van der Waals surface area contributed by atoms with E-state index in [4.69, 9.17) is 27.9 Å². The van der Waals surface area contributed by atoms with Gasteiger partial charge in [0.25, 0.3) is 10.0 Å². The van der Waals surface area contributed by atoms with Crippen LogP contribution in [0.3, 0.4) is 0 Å². The molecule has 1 atom stereocenters. The third kappa shape index (κ3) is 8.13. The second-order valence-electron chi connectivity index (χ2n) is 9.01. The van der Waals surface area contributed by atoms with Gasteiger partial charge >= 0.3 is 0 Å². The number of rotatable bonds is 13. The van der Waals surface area contributed by atoms with E-state index < -0.39 is 28.5 Å². The minimum Gasteiger partial charge on any atom is -0.494 e. The number of nitrogens with zero attached hydrogens (tertiary/aromatic N) is 2. The Morgan fingerprint density at radius 2 is 1.62 bits per heavy atom. The number of anilines is 1. The fourth-order valence-electron chi connectivity index (χ4n) is 3.95. The molecule has 8 nitrogen and oxygen atoms in total. The van der Waals surface area contributed by atoms with Gasteiger partial charge in [-0.15, -0.1) is 0 Å². The summed E-state index contributed by atoms with van der Waals surface area (Å²) in [5.74, 6) is -0.346. The molecule has 0 fully saturated rings. The average molecular weight is 607 g/mol. The molecular weight excluding hydrogens is 573 g/mol. The van der Waals surface area contributed by atoms with Crippen molar-refractivity contribution in [2.75, 3.05) is 24.0 Å².